The summed E-state index contributed by atoms with van der Waals surface area (Å²) in [5, 5.41) is 0. The third-order valence-electron chi connectivity index (χ3n) is 8.23. The van der Waals surface area contributed by atoms with Gasteiger partial charge in [0, 0.05) is 26.1 Å². The van der Waals surface area contributed by atoms with Gasteiger partial charge in [0.15, 0.2) is 5.78 Å². The van der Waals surface area contributed by atoms with Crippen LogP contribution in [0.2, 0.25) is 0 Å². The third-order valence-corrected chi connectivity index (χ3v) is 10.0. The Kier molecular flexibility index (Phi) is 5.21. The number of aromatic nitrogens is 2. The van der Waals surface area contributed by atoms with Gasteiger partial charge in [-0.15, -0.1) is 0 Å². The average Bonchev–Trinajstić information content (AvgIpc) is 2.75. The molecule has 1 aromatic carbocycles. The highest BCUT2D eigenvalue weighted by atomic mass is 32.2. The summed E-state index contributed by atoms with van der Waals surface area (Å²) in [7, 11) is -0.866. The van der Waals surface area contributed by atoms with Crippen molar-refractivity contribution in [2.75, 3.05) is 14.1 Å². The summed E-state index contributed by atoms with van der Waals surface area (Å²) >= 11 is 0. The Hall–Kier alpha value is -2.26. The van der Waals surface area contributed by atoms with Crippen LogP contribution in [0.25, 0.3) is 11.0 Å². The maximum atomic E-state index is 13.7. The number of carbonyl (C=O) groups excluding carboxylic acids is 1. The minimum Gasteiger partial charge on any atom is -0.302 e. The van der Waals surface area contributed by atoms with E-state index in [4.69, 9.17) is 0 Å². The summed E-state index contributed by atoms with van der Waals surface area (Å²) in [5.41, 5.74) is -1.11. The number of benzene rings is 1. The summed E-state index contributed by atoms with van der Waals surface area (Å²) in [4.78, 5) is 39.7. The van der Waals surface area contributed by atoms with E-state index in [-0.39, 0.29) is 23.8 Å². The quantitative estimate of drug-likeness (QED) is 0.599. The molecule has 4 saturated carbocycles. The van der Waals surface area contributed by atoms with Crippen molar-refractivity contribution in [2.24, 2.45) is 23.2 Å². The first-order chi connectivity index (χ1) is 15.6. The van der Waals surface area contributed by atoms with Crippen LogP contribution in [0.4, 0.5) is 0 Å². The van der Waals surface area contributed by atoms with E-state index < -0.39 is 26.6 Å². The molecule has 0 atom stereocenters. The first-order valence-electron chi connectivity index (χ1n) is 11.8. The van der Waals surface area contributed by atoms with Crippen LogP contribution in [-0.2, 0) is 27.9 Å². The van der Waals surface area contributed by atoms with Crippen LogP contribution in [0, 0.1) is 23.2 Å². The van der Waals surface area contributed by atoms with Crippen molar-refractivity contribution in [3.63, 3.8) is 0 Å². The van der Waals surface area contributed by atoms with Gasteiger partial charge in [0.25, 0.3) is 0 Å². The van der Waals surface area contributed by atoms with Gasteiger partial charge in [0.1, 0.15) is 0 Å². The second-order valence-corrected chi connectivity index (χ2v) is 12.7. The molecule has 0 spiro atoms. The summed E-state index contributed by atoms with van der Waals surface area (Å²) in [6, 6.07) is 4.42. The Labute approximate surface area is 193 Å². The van der Waals surface area contributed by atoms with E-state index in [1.807, 2.05) is 0 Å². The Bertz CT molecular complexity index is 1330. The minimum absolute atomic E-state index is 0.0134. The first-order valence-corrected chi connectivity index (χ1v) is 13.2. The van der Waals surface area contributed by atoms with Crippen molar-refractivity contribution in [3.05, 3.63) is 38.9 Å². The van der Waals surface area contributed by atoms with Gasteiger partial charge >= 0.3 is 11.1 Å². The molecular weight excluding hydrogens is 442 g/mol. The Morgan fingerprint density at radius 1 is 0.970 bits per heavy atom. The zero-order valence-electron chi connectivity index (χ0n) is 19.4. The van der Waals surface area contributed by atoms with E-state index in [0.29, 0.717) is 28.8 Å². The lowest BCUT2D eigenvalue weighted by Gasteiger charge is -2.56. The van der Waals surface area contributed by atoms with Gasteiger partial charge in [-0.05, 0) is 81.4 Å². The second kappa shape index (κ2) is 7.63. The molecule has 0 N–H and O–H groups in total. The van der Waals surface area contributed by atoms with Crippen LogP contribution in [0.15, 0.2) is 32.7 Å². The van der Waals surface area contributed by atoms with Crippen molar-refractivity contribution in [2.45, 2.75) is 63.4 Å². The zero-order valence-corrected chi connectivity index (χ0v) is 20.2. The van der Waals surface area contributed by atoms with Crippen molar-refractivity contribution in [1.29, 1.82) is 0 Å². The van der Waals surface area contributed by atoms with E-state index >= 15 is 0 Å². The summed E-state index contributed by atoms with van der Waals surface area (Å²) in [5.74, 6) is 1.76. The number of hydrogen-bond donors (Lipinski definition) is 0. The second-order valence-electron chi connectivity index (χ2n) is 10.5. The van der Waals surface area contributed by atoms with E-state index in [1.54, 1.807) is 13.0 Å². The van der Waals surface area contributed by atoms with E-state index in [1.165, 1.54) is 54.6 Å². The summed E-state index contributed by atoms with van der Waals surface area (Å²) in [6.45, 7) is 1.84. The Morgan fingerprint density at radius 3 is 2.03 bits per heavy atom. The lowest BCUT2D eigenvalue weighted by Crippen LogP contribution is -2.52. The highest BCUT2D eigenvalue weighted by Crippen LogP contribution is 2.60. The Balaban J connectivity index is 1.64. The molecule has 0 aliphatic heterocycles. The van der Waals surface area contributed by atoms with Crippen LogP contribution in [0.1, 0.15) is 45.4 Å². The molecule has 0 amide bonds. The molecule has 4 bridgehead atoms. The molecule has 1 heterocycles. The van der Waals surface area contributed by atoms with Crippen LogP contribution in [0.5, 0.6) is 0 Å². The number of sulfonamides is 1. The van der Waals surface area contributed by atoms with Crippen molar-refractivity contribution in [1.82, 2.24) is 13.4 Å². The standard InChI is InChI=1S/C24H31N3O5S/c1-4-26-19-6-5-18(33(31,32)25(2)3)10-20(19)27(23(30)22(26)29)14-21(28)24-11-15-7-16(12-24)9-17(8-15)13-24/h5-6,10,15-17H,4,7-9,11-14H2,1-3H3. The largest absolute Gasteiger partial charge is 0.317 e. The predicted octanol–water partition coefficient (Wildman–Crippen LogP) is 2.22. The molecule has 4 aliphatic carbocycles. The molecule has 4 fully saturated rings. The average molecular weight is 474 g/mol. The van der Waals surface area contributed by atoms with Gasteiger partial charge in [-0.1, -0.05) is 0 Å². The Morgan fingerprint density at radius 2 is 1.52 bits per heavy atom. The smallest absolute Gasteiger partial charge is 0.302 e. The highest BCUT2D eigenvalue weighted by Gasteiger charge is 2.54. The molecule has 1 aromatic heterocycles. The van der Waals surface area contributed by atoms with Crippen LogP contribution >= 0.6 is 0 Å². The molecule has 9 heteroatoms. The van der Waals surface area contributed by atoms with Crippen molar-refractivity contribution < 1.29 is 13.2 Å². The predicted molar refractivity (Wildman–Crippen MR) is 125 cm³/mol. The van der Waals surface area contributed by atoms with E-state index in [9.17, 15) is 22.8 Å². The lowest BCUT2D eigenvalue weighted by molar-refractivity contribution is -0.144. The number of fused-ring (bicyclic) bond motifs is 1. The van der Waals surface area contributed by atoms with Gasteiger partial charge in [-0.2, -0.15) is 0 Å². The van der Waals surface area contributed by atoms with Crippen LogP contribution < -0.4 is 11.1 Å². The molecule has 6 rings (SSSR count). The zero-order chi connectivity index (χ0) is 23.7. The maximum Gasteiger partial charge on any atom is 0.317 e. The van der Waals surface area contributed by atoms with E-state index in [2.05, 4.69) is 0 Å². The number of hydrogen-bond acceptors (Lipinski definition) is 5. The molecule has 8 nitrogen and oxygen atoms in total. The fourth-order valence-corrected chi connectivity index (χ4v) is 7.93. The fraction of sp³-hybridized carbons (Fsp3) is 0.625. The lowest BCUT2D eigenvalue weighted by atomic mass is 9.48. The van der Waals surface area contributed by atoms with Gasteiger partial charge in [0.05, 0.1) is 22.5 Å². The molecule has 0 radical (unpaired) electrons. The number of aryl methyl sites for hydroxylation is 1. The molecule has 2 aromatic rings. The van der Waals surface area contributed by atoms with Crippen LogP contribution in [-0.4, -0.2) is 41.7 Å². The SMILES string of the molecule is CCn1c(=O)c(=O)n(CC(=O)C23CC4CC(CC(C4)C2)C3)c2cc(S(=O)(=O)N(C)C)ccc21. The number of carbonyl (C=O) groups is 1. The van der Waals surface area contributed by atoms with Gasteiger partial charge in [-0.3, -0.25) is 19.0 Å². The first kappa shape index (κ1) is 22.5. The number of rotatable bonds is 6. The number of nitrogens with zero attached hydrogens (tertiary/aromatic N) is 3. The maximum absolute atomic E-state index is 13.7. The van der Waals surface area contributed by atoms with Crippen molar-refractivity contribution >= 4 is 26.8 Å². The molecule has 0 unspecified atom stereocenters. The molecule has 0 saturated heterocycles. The van der Waals surface area contributed by atoms with Crippen molar-refractivity contribution in [3.8, 4) is 0 Å². The van der Waals surface area contributed by atoms with Gasteiger partial charge in [-0.25, -0.2) is 12.7 Å². The molecule has 4 aliphatic rings. The monoisotopic (exact) mass is 473 g/mol. The van der Waals surface area contributed by atoms with Gasteiger partial charge < -0.3 is 4.57 Å². The normalized spacial score (nSPS) is 28.7. The van der Waals surface area contributed by atoms with Crippen LogP contribution in [0.3, 0.4) is 0 Å². The van der Waals surface area contributed by atoms with Gasteiger partial charge in [0.2, 0.25) is 10.0 Å². The molecular formula is C24H31N3O5S. The summed E-state index contributed by atoms with van der Waals surface area (Å²) in [6.07, 6.45) is 6.22. The third kappa shape index (κ3) is 3.43. The minimum atomic E-state index is -3.75. The number of Topliss-reactive ketones (excluding diaryl/α,β-unsaturated/α-hetero) is 1. The topological polar surface area (TPSA) is 98.5 Å². The molecule has 33 heavy (non-hydrogen) atoms. The fourth-order valence-electron chi connectivity index (χ4n) is 7.00. The van der Waals surface area contributed by atoms with E-state index in [0.717, 1.165) is 23.6 Å². The summed E-state index contributed by atoms with van der Waals surface area (Å²) < 4.78 is 29.2. The number of ketones is 1. The highest BCUT2D eigenvalue weighted by molar-refractivity contribution is 7.89. The molecule has 178 valence electrons.